The maximum absolute atomic E-state index is 9.94. The number of nitrogens with zero attached hydrogens (tertiary/aromatic N) is 2. The van der Waals surface area contributed by atoms with Crippen molar-refractivity contribution in [3.8, 4) is 6.07 Å². The van der Waals surface area contributed by atoms with Crippen LogP contribution in [-0.2, 0) is 0 Å². The summed E-state index contributed by atoms with van der Waals surface area (Å²) in [5.74, 6) is 1.54. The third-order valence-electron chi connectivity index (χ3n) is 6.32. The molecule has 0 aromatic rings. The smallest absolute Gasteiger partial charge is 0.122 e. The maximum Gasteiger partial charge on any atom is 0.122 e. The Balaban J connectivity index is 1.47. The van der Waals surface area contributed by atoms with E-state index in [1.807, 2.05) is 0 Å². The van der Waals surface area contributed by atoms with Gasteiger partial charge in [-0.05, 0) is 69.7 Å². The van der Waals surface area contributed by atoms with E-state index in [0.29, 0.717) is 12.0 Å². The van der Waals surface area contributed by atoms with Gasteiger partial charge in [0.2, 0.25) is 0 Å². The van der Waals surface area contributed by atoms with E-state index < -0.39 is 0 Å². The molecule has 3 nitrogen and oxygen atoms in total. The predicted molar refractivity (Wildman–Crippen MR) is 83.8 cm³/mol. The van der Waals surface area contributed by atoms with Gasteiger partial charge in [0.1, 0.15) is 5.54 Å². The highest BCUT2D eigenvalue weighted by Crippen LogP contribution is 2.43. The number of hydrogen-bond acceptors (Lipinski definition) is 3. The zero-order valence-electron chi connectivity index (χ0n) is 13.2. The lowest BCUT2D eigenvalue weighted by molar-refractivity contribution is 0.143. The first-order valence-corrected chi connectivity index (χ1v) is 9.24. The fourth-order valence-corrected chi connectivity index (χ4v) is 4.86. The molecule has 1 N–H and O–H groups in total. The maximum atomic E-state index is 9.94. The Kier molecular flexibility index (Phi) is 3.71. The number of rotatable bonds is 6. The number of nitriles is 1. The van der Waals surface area contributed by atoms with Crippen molar-refractivity contribution in [3.05, 3.63) is 0 Å². The Morgan fingerprint density at radius 3 is 2.38 bits per heavy atom. The monoisotopic (exact) mass is 287 g/mol. The van der Waals surface area contributed by atoms with E-state index in [1.165, 1.54) is 70.8 Å². The van der Waals surface area contributed by atoms with Crippen molar-refractivity contribution in [3.63, 3.8) is 0 Å². The van der Waals surface area contributed by atoms with Crippen LogP contribution in [0.15, 0.2) is 0 Å². The van der Waals surface area contributed by atoms with Crippen molar-refractivity contribution in [1.29, 1.82) is 5.26 Å². The molecule has 0 radical (unpaired) electrons. The van der Waals surface area contributed by atoms with Gasteiger partial charge in [-0.2, -0.15) is 5.26 Å². The minimum absolute atomic E-state index is 0.234. The molecule has 3 heteroatoms. The third kappa shape index (κ3) is 2.85. The van der Waals surface area contributed by atoms with Gasteiger partial charge in [0, 0.05) is 18.6 Å². The molecule has 116 valence electrons. The van der Waals surface area contributed by atoms with E-state index in [4.69, 9.17) is 0 Å². The van der Waals surface area contributed by atoms with Gasteiger partial charge in [0.05, 0.1) is 6.07 Å². The quantitative estimate of drug-likeness (QED) is 0.816. The zero-order valence-corrected chi connectivity index (χ0v) is 13.2. The molecule has 3 saturated carbocycles. The second kappa shape index (κ2) is 5.56. The van der Waals surface area contributed by atoms with Gasteiger partial charge in [-0.3, -0.25) is 10.2 Å². The predicted octanol–water partition coefficient (Wildman–Crippen LogP) is 3.07. The van der Waals surface area contributed by atoms with E-state index in [9.17, 15) is 5.26 Å². The van der Waals surface area contributed by atoms with Crippen LogP contribution in [0.1, 0.15) is 64.2 Å². The van der Waals surface area contributed by atoms with Crippen LogP contribution in [-0.4, -0.2) is 35.6 Å². The molecular weight excluding hydrogens is 258 g/mol. The summed E-state index contributed by atoms with van der Waals surface area (Å²) in [5, 5.41) is 13.7. The average molecular weight is 287 g/mol. The van der Waals surface area contributed by atoms with Gasteiger partial charge >= 0.3 is 0 Å². The lowest BCUT2D eigenvalue weighted by Crippen LogP contribution is -2.56. The Hall–Kier alpha value is -0.590. The molecule has 1 aliphatic heterocycles. The van der Waals surface area contributed by atoms with Crippen molar-refractivity contribution in [1.82, 2.24) is 10.2 Å². The minimum Gasteiger partial charge on any atom is -0.297 e. The Bertz CT molecular complexity index is 415. The van der Waals surface area contributed by atoms with Crippen molar-refractivity contribution >= 4 is 0 Å². The fraction of sp³-hybridized carbons (Fsp3) is 0.944. The van der Waals surface area contributed by atoms with Gasteiger partial charge in [-0.1, -0.05) is 12.8 Å². The SMILES string of the molecule is N#CC(CN1CCCC1C1CCCC1)(NC1CC1)C1CC1. The first-order valence-electron chi connectivity index (χ1n) is 9.24. The summed E-state index contributed by atoms with van der Waals surface area (Å²) in [7, 11) is 0. The van der Waals surface area contributed by atoms with Crippen molar-refractivity contribution < 1.29 is 0 Å². The largest absolute Gasteiger partial charge is 0.297 e. The van der Waals surface area contributed by atoms with Crippen LogP contribution in [0.25, 0.3) is 0 Å². The summed E-state index contributed by atoms with van der Waals surface area (Å²) in [5.41, 5.74) is -0.234. The molecule has 4 aliphatic rings. The molecule has 4 fully saturated rings. The molecular formula is C18H29N3. The zero-order chi connectivity index (χ0) is 14.3. The minimum atomic E-state index is -0.234. The lowest BCUT2D eigenvalue weighted by Gasteiger charge is -2.37. The van der Waals surface area contributed by atoms with Crippen LogP contribution in [0, 0.1) is 23.2 Å². The summed E-state index contributed by atoms with van der Waals surface area (Å²) in [6, 6.07) is 4.15. The third-order valence-corrected chi connectivity index (χ3v) is 6.32. The molecule has 0 amide bonds. The molecule has 1 heterocycles. The molecule has 21 heavy (non-hydrogen) atoms. The van der Waals surface area contributed by atoms with E-state index in [1.54, 1.807) is 0 Å². The Labute approximate surface area is 129 Å². The van der Waals surface area contributed by atoms with Crippen molar-refractivity contribution in [2.75, 3.05) is 13.1 Å². The van der Waals surface area contributed by atoms with Crippen LogP contribution >= 0.6 is 0 Å². The van der Waals surface area contributed by atoms with Crippen LogP contribution in [0.5, 0.6) is 0 Å². The fourth-order valence-electron chi connectivity index (χ4n) is 4.86. The Morgan fingerprint density at radius 1 is 1.00 bits per heavy atom. The van der Waals surface area contributed by atoms with E-state index in [0.717, 1.165) is 18.5 Å². The highest BCUT2D eigenvalue weighted by Gasteiger charge is 2.50. The highest BCUT2D eigenvalue weighted by molar-refractivity contribution is 5.19. The van der Waals surface area contributed by atoms with E-state index >= 15 is 0 Å². The van der Waals surface area contributed by atoms with Gasteiger partial charge in [-0.15, -0.1) is 0 Å². The molecule has 4 rings (SSSR count). The van der Waals surface area contributed by atoms with Crippen molar-refractivity contribution in [2.45, 2.75) is 81.8 Å². The topological polar surface area (TPSA) is 39.1 Å². The average Bonchev–Trinajstić information content (AvgIpc) is 3.40. The van der Waals surface area contributed by atoms with E-state index in [2.05, 4.69) is 16.3 Å². The molecule has 0 aromatic heterocycles. The van der Waals surface area contributed by atoms with Crippen LogP contribution in [0.3, 0.4) is 0 Å². The van der Waals surface area contributed by atoms with Crippen LogP contribution in [0.2, 0.25) is 0 Å². The van der Waals surface area contributed by atoms with Gasteiger partial charge < -0.3 is 0 Å². The summed E-state index contributed by atoms with van der Waals surface area (Å²) in [6.07, 6.45) is 13.5. The van der Waals surface area contributed by atoms with Crippen LogP contribution < -0.4 is 5.32 Å². The molecule has 2 unspecified atom stereocenters. The molecule has 0 bridgehead atoms. The molecule has 0 spiro atoms. The normalized spacial score (nSPS) is 34.0. The summed E-state index contributed by atoms with van der Waals surface area (Å²) in [6.45, 7) is 2.22. The number of hydrogen-bond donors (Lipinski definition) is 1. The molecule has 3 aliphatic carbocycles. The summed E-state index contributed by atoms with van der Waals surface area (Å²) >= 11 is 0. The number of likely N-dealkylation sites (tertiary alicyclic amines) is 1. The first kappa shape index (κ1) is 14.0. The summed E-state index contributed by atoms with van der Waals surface area (Å²) < 4.78 is 0. The molecule has 1 saturated heterocycles. The first-order chi connectivity index (χ1) is 10.3. The molecule has 2 atom stereocenters. The van der Waals surface area contributed by atoms with Crippen LogP contribution in [0.4, 0.5) is 0 Å². The standard InChI is InChI=1S/C18H29N3/c19-12-18(15-7-8-15,20-16-9-10-16)13-21-11-3-6-17(21)14-4-1-2-5-14/h14-17,20H,1-11,13H2. The summed E-state index contributed by atoms with van der Waals surface area (Å²) in [4.78, 5) is 2.70. The second-order valence-corrected chi connectivity index (χ2v) is 8.00. The number of nitrogens with one attached hydrogen (secondary N) is 1. The Morgan fingerprint density at radius 2 is 1.76 bits per heavy atom. The van der Waals surface area contributed by atoms with E-state index in [-0.39, 0.29) is 5.54 Å². The lowest BCUT2D eigenvalue weighted by atomic mass is 9.91. The van der Waals surface area contributed by atoms with Gasteiger partial charge in [-0.25, -0.2) is 0 Å². The van der Waals surface area contributed by atoms with Crippen molar-refractivity contribution in [2.24, 2.45) is 11.8 Å². The molecule has 0 aromatic carbocycles. The second-order valence-electron chi connectivity index (χ2n) is 8.00. The van der Waals surface area contributed by atoms with Gasteiger partial charge in [0.15, 0.2) is 0 Å². The highest BCUT2D eigenvalue weighted by atomic mass is 15.2. The van der Waals surface area contributed by atoms with Gasteiger partial charge in [0.25, 0.3) is 0 Å².